The number of hydrogen-bond donors (Lipinski definition) is 0. The van der Waals surface area contributed by atoms with Crippen LogP contribution >= 0.6 is 0 Å². The molecule has 4 unspecified atom stereocenters. The Hall–Kier alpha value is -2.79. The largest absolute Gasteiger partial charge is 0.490 e. The topological polar surface area (TPSA) is 9.23 Å². The standard InChI is InChI=1S/C30H33FO/c1-3-5-18-32-28-15-9-23(10-16-28)6-7-24-11-17-29(30(31)20-24)27-14-13-25-19-22(4-2)8-12-26(25)21-27/h3-5,9-11,15-17,20,22,25-27H,2,8,12-14,18-19,21H2,1H3/b5-3+. The van der Waals surface area contributed by atoms with Crippen molar-refractivity contribution in [3.05, 3.63) is 89.8 Å². The lowest BCUT2D eigenvalue weighted by Crippen LogP contribution is -2.30. The molecule has 0 amide bonds. The van der Waals surface area contributed by atoms with Crippen LogP contribution in [0.1, 0.15) is 68.1 Å². The van der Waals surface area contributed by atoms with Crippen molar-refractivity contribution >= 4 is 0 Å². The summed E-state index contributed by atoms with van der Waals surface area (Å²) in [5, 5.41) is 0. The molecule has 1 nitrogen and oxygen atoms in total. The third-order valence-corrected chi connectivity index (χ3v) is 7.21. The van der Waals surface area contributed by atoms with Crippen LogP contribution in [0.3, 0.4) is 0 Å². The van der Waals surface area contributed by atoms with Crippen LogP contribution in [-0.2, 0) is 0 Å². The fraction of sp³-hybridized carbons (Fsp3) is 0.400. The molecular weight excluding hydrogens is 395 g/mol. The fourth-order valence-corrected chi connectivity index (χ4v) is 5.38. The van der Waals surface area contributed by atoms with E-state index in [-0.39, 0.29) is 5.82 Å². The third kappa shape index (κ3) is 5.52. The SMILES string of the molecule is C=CC1CCC2CC(c3ccc(C#Cc4ccc(OC/C=C/C)cc4)cc3F)CCC2C1. The first kappa shape index (κ1) is 22.4. The molecule has 2 saturated carbocycles. The van der Waals surface area contributed by atoms with Crippen molar-refractivity contribution in [2.45, 2.75) is 51.4 Å². The highest BCUT2D eigenvalue weighted by Crippen LogP contribution is 2.48. The molecule has 0 aromatic heterocycles. The maximum absolute atomic E-state index is 15.0. The second-order valence-electron chi connectivity index (χ2n) is 9.23. The van der Waals surface area contributed by atoms with Gasteiger partial charge in [0.15, 0.2) is 0 Å². The molecular formula is C30H33FO. The van der Waals surface area contributed by atoms with Crippen LogP contribution < -0.4 is 4.74 Å². The average molecular weight is 429 g/mol. The number of hydrogen-bond acceptors (Lipinski definition) is 1. The van der Waals surface area contributed by atoms with Crippen molar-refractivity contribution in [2.24, 2.45) is 17.8 Å². The van der Waals surface area contributed by atoms with Gasteiger partial charge in [0.2, 0.25) is 0 Å². The Morgan fingerprint density at radius 3 is 2.44 bits per heavy atom. The molecule has 0 radical (unpaired) electrons. The minimum atomic E-state index is -0.104. The Kier molecular flexibility index (Phi) is 7.48. The van der Waals surface area contributed by atoms with Crippen LogP contribution in [-0.4, -0.2) is 6.61 Å². The van der Waals surface area contributed by atoms with Gasteiger partial charge in [0, 0.05) is 11.1 Å². The minimum Gasteiger partial charge on any atom is -0.490 e. The Labute approximate surface area is 192 Å². The van der Waals surface area contributed by atoms with Gasteiger partial charge in [0.1, 0.15) is 18.2 Å². The third-order valence-electron chi connectivity index (χ3n) is 7.21. The Balaban J connectivity index is 1.38. The molecule has 32 heavy (non-hydrogen) atoms. The first-order valence-electron chi connectivity index (χ1n) is 11.9. The van der Waals surface area contributed by atoms with E-state index in [0.29, 0.717) is 18.4 Å². The van der Waals surface area contributed by atoms with E-state index in [4.69, 9.17) is 4.74 Å². The number of allylic oxidation sites excluding steroid dienone is 2. The molecule has 0 aliphatic heterocycles. The van der Waals surface area contributed by atoms with Crippen LogP contribution in [0, 0.1) is 35.4 Å². The zero-order valence-electron chi connectivity index (χ0n) is 19.0. The van der Waals surface area contributed by atoms with Gasteiger partial charge in [0.25, 0.3) is 0 Å². The van der Waals surface area contributed by atoms with Gasteiger partial charge in [-0.1, -0.05) is 36.1 Å². The predicted octanol–water partition coefficient (Wildman–Crippen LogP) is 7.67. The number of ether oxygens (including phenoxy) is 1. The average Bonchev–Trinajstić information content (AvgIpc) is 2.83. The van der Waals surface area contributed by atoms with Gasteiger partial charge in [-0.25, -0.2) is 4.39 Å². The molecule has 0 bridgehead atoms. The Bertz CT molecular complexity index is 1010. The van der Waals surface area contributed by atoms with Crippen molar-refractivity contribution in [1.29, 1.82) is 0 Å². The monoisotopic (exact) mass is 428 g/mol. The molecule has 2 aromatic rings. The van der Waals surface area contributed by atoms with Crippen molar-refractivity contribution in [3.8, 4) is 17.6 Å². The van der Waals surface area contributed by atoms with Crippen molar-refractivity contribution < 1.29 is 9.13 Å². The first-order valence-corrected chi connectivity index (χ1v) is 11.9. The smallest absolute Gasteiger partial charge is 0.127 e. The molecule has 2 aromatic carbocycles. The van der Waals surface area contributed by atoms with Gasteiger partial charge < -0.3 is 4.74 Å². The van der Waals surface area contributed by atoms with E-state index < -0.39 is 0 Å². The summed E-state index contributed by atoms with van der Waals surface area (Å²) < 4.78 is 20.6. The van der Waals surface area contributed by atoms with E-state index in [2.05, 4.69) is 24.5 Å². The zero-order valence-corrected chi connectivity index (χ0v) is 19.0. The van der Waals surface area contributed by atoms with Gasteiger partial charge >= 0.3 is 0 Å². The normalized spacial score (nSPS) is 24.9. The van der Waals surface area contributed by atoms with Crippen LogP contribution in [0.15, 0.2) is 67.3 Å². The molecule has 2 aliphatic carbocycles. The molecule has 0 heterocycles. The van der Waals surface area contributed by atoms with Crippen LogP contribution in [0.2, 0.25) is 0 Å². The summed E-state index contributed by atoms with van der Waals surface area (Å²) in [4.78, 5) is 0. The van der Waals surface area contributed by atoms with Crippen molar-refractivity contribution in [2.75, 3.05) is 6.61 Å². The summed E-state index contributed by atoms with van der Waals surface area (Å²) in [6, 6.07) is 13.2. The molecule has 2 fully saturated rings. The summed E-state index contributed by atoms with van der Waals surface area (Å²) >= 11 is 0. The molecule has 0 spiro atoms. The van der Waals surface area contributed by atoms with Crippen LogP contribution in [0.25, 0.3) is 0 Å². The van der Waals surface area contributed by atoms with Gasteiger partial charge in [-0.2, -0.15) is 0 Å². The molecule has 2 heteroatoms. The highest BCUT2D eigenvalue weighted by Gasteiger charge is 2.35. The van der Waals surface area contributed by atoms with E-state index in [0.717, 1.165) is 47.1 Å². The molecule has 0 saturated heterocycles. The maximum Gasteiger partial charge on any atom is 0.127 e. The summed E-state index contributed by atoms with van der Waals surface area (Å²) in [6.07, 6.45) is 13.3. The van der Waals surface area contributed by atoms with Gasteiger partial charge in [-0.3, -0.25) is 0 Å². The number of halogens is 1. The lowest BCUT2D eigenvalue weighted by Gasteiger charge is -2.41. The lowest BCUT2D eigenvalue weighted by molar-refractivity contribution is 0.132. The van der Waals surface area contributed by atoms with Gasteiger partial charge in [0.05, 0.1) is 0 Å². The highest BCUT2D eigenvalue weighted by atomic mass is 19.1. The predicted molar refractivity (Wildman–Crippen MR) is 130 cm³/mol. The summed E-state index contributed by atoms with van der Waals surface area (Å²) in [5.41, 5.74) is 2.49. The molecule has 0 N–H and O–H groups in total. The van der Waals surface area contributed by atoms with Crippen LogP contribution in [0.5, 0.6) is 5.75 Å². The Morgan fingerprint density at radius 2 is 1.69 bits per heavy atom. The lowest BCUT2D eigenvalue weighted by atomic mass is 9.64. The van der Waals surface area contributed by atoms with E-state index in [9.17, 15) is 4.39 Å². The number of fused-ring (bicyclic) bond motifs is 1. The molecule has 4 rings (SSSR count). The number of rotatable bonds is 5. The summed E-state index contributed by atoms with van der Waals surface area (Å²) in [6.45, 7) is 6.52. The van der Waals surface area contributed by atoms with E-state index in [1.807, 2.05) is 55.5 Å². The maximum atomic E-state index is 15.0. The minimum absolute atomic E-state index is 0.104. The molecule has 166 valence electrons. The second-order valence-corrected chi connectivity index (χ2v) is 9.23. The Morgan fingerprint density at radius 1 is 0.969 bits per heavy atom. The van der Waals surface area contributed by atoms with E-state index in [1.54, 1.807) is 6.07 Å². The second kappa shape index (κ2) is 10.7. The summed E-state index contributed by atoms with van der Waals surface area (Å²) in [5.74, 6) is 9.53. The van der Waals surface area contributed by atoms with Gasteiger partial charge in [-0.15, -0.1) is 6.58 Å². The number of benzene rings is 2. The highest BCUT2D eigenvalue weighted by molar-refractivity contribution is 5.45. The van der Waals surface area contributed by atoms with Gasteiger partial charge in [-0.05, 0) is 111 Å². The van der Waals surface area contributed by atoms with Crippen LogP contribution in [0.4, 0.5) is 4.39 Å². The quantitative estimate of drug-likeness (QED) is 0.351. The first-order chi connectivity index (χ1) is 15.7. The fourth-order valence-electron chi connectivity index (χ4n) is 5.38. The van der Waals surface area contributed by atoms with E-state index in [1.165, 1.54) is 25.7 Å². The summed E-state index contributed by atoms with van der Waals surface area (Å²) in [7, 11) is 0. The molecule has 4 atom stereocenters. The zero-order chi connectivity index (χ0) is 22.3. The van der Waals surface area contributed by atoms with E-state index >= 15 is 0 Å². The molecule has 2 aliphatic rings. The van der Waals surface area contributed by atoms with Crippen molar-refractivity contribution in [1.82, 2.24) is 0 Å². The van der Waals surface area contributed by atoms with Crippen molar-refractivity contribution in [3.63, 3.8) is 0 Å².